The second-order valence-corrected chi connectivity index (χ2v) is 5.19. The van der Waals surface area contributed by atoms with Gasteiger partial charge in [0.15, 0.2) is 0 Å². The fraction of sp³-hybridized carbons (Fsp3) is 0.231. The van der Waals surface area contributed by atoms with Crippen LogP contribution in [0.1, 0.15) is 21.0 Å². The van der Waals surface area contributed by atoms with Gasteiger partial charge in [-0.1, -0.05) is 6.07 Å². The molecule has 0 amide bonds. The molecule has 0 spiro atoms. The summed E-state index contributed by atoms with van der Waals surface area (Å²) in [7, 11) is 0. The SMILES string of the molecule is Cc1ncc(CNCc2ccc(C#N)cc2F)s1. The number of hydrogen-bond acceptors (Lipinski definition) is 4. The number of rotatable bonds is 4. The summed E-state index contributed by atoms with van der Waals surface area (Å²) in [5, 5.41) is 12.8. The second kappa shape index (κ2) is 5.71. The van der Waals surface area contributed by atoms with Gasteiger partial charge in [0.05, 0.1) is 16.6 Å². The molecule has 0 saturated heterocycles. The molecule has 2 rings (SSSR count). The third-order valence-corrected chi connectivity index (χ3v) is 3.38. The summed E-state index contributed by atoms with van der Waals surface area (Å²) in [4.78, 5) is 5.28. The zero-order valence-corrected chi connectivity index (χ0v) is 10.7. The van der Waals surface area contributed by atoms with E-state index < -0.39 is 0 Å². The summed E-state index contributed by atoms with van der Waals surface area (Å²) in [6.45, 7) is 3.06. The molecule has 1 N–H and O–H groups in total. The van der Waals surface area contributed by atoms with E-state index in [1.165, 1.54) is 6.07 Å². The van der Waals surface area contributed by atoms with Gasteiger partial charge in [0.1, 0.15) is 5.82 Å². The molecule has 2 aromatic rings. The molecule has 0 radical (unpaired) electrons. The summed E-state index contributed by atoms with van der Waals surface area (Å²) < 4.78 is 13.6. The zero-order valence-electron chi connectivity index (χ0n) is 9.90. The number of nitrogens with one attached hydrogen (secondary N) is 1. The van der Waals surface area contributed by atoms with Gasteiger partial charge in [-0.15, -0.1) is 11.3 Å². The van der Waals surface area contributed by atoms with Crippen LogP contribution < -0.4 is 5.32 Å². The Hall–Kier alpha value is -1.77. The molecule has 0 bridgehead atoms. The molecule has 0 aliphatic carbocycles. The third kappa shape index (κ3) is 3.13. The number of thiazole rings is 1. The van der Waals surface area contributed by atoms with Crippen LogP contribution >= 0.6 is 11.3 Å². The van der Waals surface area contributed by atoms with E-state index in [1.54, 1.807) is 23.5 Å². The summed E-state index contributed by atoms with van der Waals surface area (Å²) in [6.07, 6.45) is 1.82. The lowest BCUT2D eigenvalue weighted by molar-refractivity contribution is 0.588. The first-order chi connectivity index (χ1) is 8.69. The van der Waals surface area contributed by atoms with Crippen LogP contribution in [0.4, 0.5) is 4.39 Å². The largest absolute Gasteiger partial charge is 0.308 e. The van der Waals surface area contributed by atoms with Crippen molar-refractivity contribution in [3.05, 3.63) is 51.2 Å². The lowest BCUT2D eigenvalue weighted by Gasteiger charge is -2.04. The molecule has 0 unspecified atom stereocenters. The van der Waals surface area contributed by atoms with Crippen LogP contribution in [0.15, 0.2) is 24.4 Å². The van der Waals surface area contributed by atoms with Gasteiger partial charge in [0.25, 0.3) is 0 Å². The minimum atomic E-state index is -0.345. The summed E-state index contributed by atoms with van der Waals surface area (Å²) >= 11 is 1.62. The molecular formula is C13H12FN3S. The quantitative estimate of drug-likeness (QED) is 0.920. The maximum atomic E-state index is 13.6. The van der Waals surface area contributed by atoms with E-state index in [0.717, 1.165) is 9.88 Å². The standard InChI is InChI=1S/C13H12FN3S/c1-9-17-8-12(18-9)7-16-6-11-3-2-10(5-15)4-13(11)14/h2-4,8,16H,6-7H2,1H3. The maximum absolute atomic E-state index is 13.6. The fourth-order valence-corrected chi connectivity index (χ4v) is 2.33. The Morgan fingerprint density at radius 3 is 2.89 bits per heavy atom. The smallest absolute Gasteiger partial charge is 0.129 e. The first-order valence-corrected chi connectivity index (χ1v) is 6.31. The number of nitrogens with zero attached hydrogens (tertiary/aromatic N) is 2. The lowest BCUT2D eigenvalue weighted by atomic mass is 10.1. The van der Waals surface area contributed by atoms with Gasteiger partial charge in [-0.2, -0.15) is 5.26 Å². The number of halogens is 1. The lowest BCUT2D eigenvalue weighted by Crippen LogP contribution is -2.13. The van der Waals surface area contributed by atoms with E-state index in [4.69, 9.17) is 5.26 Å². The Morgan fingerprint density at radius 1 is 1.44 bits per heavy atom. The summed E-state index contributed by atoms with van der Waals surface area (Å²) in [5.41, 5.74) is 0.907. The normalized spacial score (nSPS) is 10.3. The molecule has 0 saturated carbocycles. The average molecular weight is 261 g/mol. The number of aryl methyl sites for hydroxylation is 1. The molecule has 0 aliphatic heterocycles. The van der Waals surface area contributed by atoms with Gasteiger partial charge >= 0.3 is 0 Å². The Kier molecular flexibility index (Phi) is 4.03. The Bertz CT molecular complexity index is 586. The van der Waals surface area contributed by atoms with Gasteiger partial charge < -0.3 is 5.32 Å². The number of hydrogen-bond donors (Lipinski definition) is 1. The monoisotopic (exact) mass is 261 g/mol. The second-order valence-electron chi connectivity index (χ2n) is 3.87. The van der Waals surface area contributed by atoms with Crippen molar-refractivity contribution >= 4 is 11.3 Å². The van der Waals surface area contributed by atoms with E-state index >= 15 is 0 Å². The van der Waals surface area contributed by atoms with Gasteiger partial charge in [-0.05, 0) is 19.1 Å². The zero-order chi connectivity index (χ0) is 13.0. The van der Waals surface area contributed by atoms with Crippen molar-refractivity contribution in [3.8, 4) is 6.07 Å². The van der Waals surface area contributed by atoms with Crippen molar-refractivity contribution in [3.63, 3.8) is 0 Å². The van der Waals surface area contributed by atoms with Crippen LogP contribution in [0.2, 0.25) is 0 Å². The molecule has 0 fully saturated rings. The first kappa shape index (κ1) is 12.7. The number of aromatic nitrogens is 1. The number of benzene rings is 1. The maximum Gasteiger partial charge on any atom is 0.129 e. The van der Waals surface area contributed by atoms with Crippen molar-refractivity contribution in [1.29, 1.82) is 5.26 Å². The van der Waals surface area contributed by atoms with Crippen LogP contribution in [0.3, 0.4) is 0 Å². The molecule has 18 heavy (non-hydrogen) atoms. The highest BCUT2D eigenvalue weighted by atomic mass is 32.1. The Labute approximate surface area is 109 Å². The summed E-state index contributed by atoms with van der Waals surface area (Å²) in [6, 6.07) is 6.43. The van der Waals surface area contributed by atoms with Gasteiger partial charge in [-0.3, -0.25) is 0 Å². The number of nitriles is 1. The molecule has 0 aliphatic rings. The Balaban J connectivity index is 1.92. The minimum Gasteiger partial charge on any atom is -0.308 e. The highest BCUT2D eigenvalue weighted by Gasteiger charge is 2.04. The van der Waals surface area contributed by atoms with Crippen molar-refractivity contribution in [2.24, 2.45) is 0 Å². The van der Waals surface area contributed by atoms with E-state index in [2.05, 4.69) is 10.3 Å². The fourth-order valence-electron chi connectivity index (χ4n) is 1.57. The van der Waals surface area contributed by atoms with Gasteiger partial charge in [-0.25, -0.2) is 9.37 Å². The van der Waals surface area contributed by atoms with E-state index in [0.29, 0.717) is 24.2 Å². The van der Waals surface area contributed by atoms with Crippen LogP contribution in [0.25, 0.3) is 0 Å². The molecule has 92 valence electrons. The van der Waals surface area contributed by atoms with Gasteiger partial charge in [0.2, 0.25) is 0 Å². The van der Waals surface area contributed by atoms with Gasteiger partial charge in [0, 0.05) is 29.7 Å². The molecule has 1 aromatic heterocycles. The molecule has 3 nitrogen and oxygen atoms in total. The van der Waals surface area contributed by atoms with Crippen LogP contribution in [0.5, 0.6) is 0 Å². The van der Waals surface area contributed by atoms with Crippen LogP contribution in [-0.2, 0) is 13.1 Å². The third-order valence-electron chi connectivity index (χ3n) is 2.47. The highest BCUT2D eigenvalue weighted by molar-refractivity contribution is 7.11. The highest BCUT2D eigenvalue weighted by Crippen LogP contribution is 2.12. The molecule has 1 aromatic carbocycles. The first-order valence-electron chi connectivity index (χ1n) is 5.49. The van der Waals surface area contributed by atoms with Crippen LogP contribution in [0, 0.1) is 24.1 Å². The topological polar surface area (TPSA) is 48.7 Å². The predicted molar refractivity (Wildman–Crippen MR) is 68.5 cm³/mol. The van der Waals surface area contributed by atoms with E-state index in [9.17, 15) is 4.39 Å². The van der Waals surface area contributed by atoms with Crippen molar-refractivity contribution in [1.82, 2.24) is 10.3 Å². The molecular weight excluding hydrogens is 249 g/mol. The molecule has 5 heteroatoms. The van der Waals surface area contributed by atoms with Crippen molar-refractivity contribution in [2.75, 3.05) is 0 Å². The summed E-state index contributed by atoms with van der Waals surface area (Å²) in [5.74, 6) is -0.345. The van der Waals surface area contributed by atoms with E-state index in [-0.39, 0.29) is 5.82 Å². The predicted octanol–water partition coefficient (Wildman–Crippen LogP) is 2.75. The van der Waals surface area contributed by atoms with E-state index in [1.807, 2.05) is 19.2 Å². The minimum absolute atomic E-state index is 0.342. The Morgan fingerprint density at radius 2 is 2.28 bits per heavy atom. The molecule has 1 heterocycles. The molecule has 0 atom stereocenters. The van der Waals surface area contributed by atoms with Crippen molar-refractivity contribution in [2.45, 2.75) is 20.0 Å². The van der Waals surface area contributed by atoms with Crippen molar-refractivity contribution < 1.29 is 4.39 Å². The van der Waals surface area contributed by atoms with Crippen LogP contribution in [-0.4, -0.2) is 4.98 Å². The average Bonchev–Trinajstić information content (AvgIpc) is 2.77.